The van der Waals surface area contributed by atoms with Crippen molar-refractivity contribution in [2.75, 3.05) is 0 Å². The highest BCUT2D eigenvalue weighted by molar-refractivity contribution is 14.1. The number of amides is 1. The summed E-state index contributed by atoms with van der Waals surface area (Å²) >= 11 is 1.55. The molecule has 0 aromatic carbocycles. The minimum Gasteiger partial charge on any atom is -0.366 e. The summed E-state index contributed by atoms with van der Waals surface area (Å²) in [7, 11) is 0. The number of hydrogen-bond acceptors (Lipinski definition) is 2. The van der Waals surface area contributed by atoms with Crippen molar-refractivity contribution < 1.29 is 18.0 Å². The second-order valence-electron chi connectivity index (χ2n) is 2.35. The number of halogens is 4. The molecule has 0 spiro atoms. The van der Waals surface area contributed by atoms with Gasteiger partial charge in [0, 0.05) is 9.64 Å². The Hall–Kier alpha value is -0.860. The van der Waals surface area contributed by atoms with Crippen molar-refractivity contribution in [1.29, 1.82) is 0 Å². The van der Waals surface area contributed by atoms with Crippen molar-refractivity contribution in [2.24, 2.45) is 5.73 Å². The molecule has 1 aromatic rings. The third-order valence-corrected chi connectivity index (χ3v) is 2.27. The van der Waals surface area contributed by atoms with E-state index in [-0.39, 0.29) is 3.57 Å². The number of nitrogens with zero attached hydrogens (tertiary/aromatic N) is 1. The second kappa shape index (κ2) is 4.11. The lowest BCUT2D eigenvalue weighted by molar-refractivity contribution is 0.0981. The van der Waals surface area contributed by atoms with Crippen LogP contribution in [-0.2, 0) is 0 Å². The molecule has 14 heavy (non-hydrogen) atoms. The first kappa shape index (κ1) is 11.2. The lowest BCUT2D eigenvalue weighted by Gasteiger charge is -2.06. The maximum absolute atomic E-state index is 12.6. The second-order valence-corrected chi connectivity index (χ2v) is 3.51. The fourth-order valence-corrected chi connectivity index (χ4v) is 1.70. The fourth-order valence-electron chi connectivity index (χ4n) is 0.904. The first-order valence-electron chi connectivity index (χ1n) is 3.37. The summed E-state index contributed by atoms with van der Waals surface area (Å²) in [6, 6.07) is 0.868. The van der Waals surface area contributed by atoms with E-state index in [1.165, 1.54) is 0 Å². The number of hydrogen-bond donors (Lipinski definition) is 1. The summed E-state index contributed by atoms with van der Waals surface area (Å²) in [5, 5.41) is 0. The zero-order chi connectivity index (χ0) is 10.9. The molecule has 76 valence electrons. The highest BCUT2D eigenvalue weighted by Gasteiger charge is 2.22. The lowest BCUT2D eigenvalue weighted by Crippen LogP contribution is -2.17. The molecule has 0 aliphatic heterocycles. The smallest absolute Gasteiger partial charge is 0.281 e. The summed E-state index contributed by atoms with van der Waals surface area (Å²) in [5.74, 6) is -2.10. The molecule has 0 saturated carbocycles. The van der Waals surface area contributed by atoms with E-state index in [2.05, 4.69) is 4.98 Å². The van der Waals surface area contributed by atoms with E-state index in [1.54, 1.807) is 22.6 Å². The summed E-state index contributed by atoms with van der Waals surface area (Å²) in [6.45, 7) is 0. The highest BCUT2D eigenvalue weighted by atomic mass is 127. The Balaban J connectivity index is 3.44. The summed E-state index contributed by atoms with van der Waals surface area (Å²) in [6.07, 6.45) is -3.03. The summed E-state index contributed by atoms with van der Waals surface area (Å²) in [4.78, 5) is 13.7. The van der Waals surface area contributed by atoms with Gasteiger partial charge in [-0.1, -0.05) is 0 Å². The van der Waals surface area contributed by atoms with E-state index in [0.29, 0.717) is 0 Å². The van der Waals surface area contributed by atoms with Crippen LogP contribution in [0, 0.1) is 9.52 Å². The number of aromatic nitrogens is 1. The van der Waals surface area contributed by atoms with Crippen LogP contribution in [0.1, 0.15) is 22.5 Å². The van der Waals surface area contributed by atoms with Crippen LogP contribution in [0.25, 0.3) is 0 Å². The SMILES string of the molecule is NC(=O)c1c(I)cc(F)nc1C(F)F. The van der Waals surface area contributed by atoms with Gasteiger partial charge in [-0.05, 0) is 22.6 Å². The minimum absolute atomic E-state index is 0.0258. The third-order valence-electron chi connectivity index (χ3n) is 1.42. The summed E-state index contributed by atoms with van der Waals surface area (Å²) in [5.41, 5.74) is 3.52. The maximum atomic E-state index is 12.6. The van der Waals surface area contributed by atoms with E-state index < -0.39 is 29.5 Å². The number of pyridine rings is 1. The van der Waals surface area contributed by atoms with Crippen LogP contribution in [0.2, 0.25) is 0 Å². The number of primary amides is 1. The van der Waals surface area contributed by atoms with Gasteiger partial charge in [-0.2, -0.15) is 4.39 Å². The number of carbonyl (C=O) groups excluding carboxylic acids is 1. The Morgan fingerprint density at radius 3 is 2.57 bits per heavy atom. The molecular formula is C7H4F3IN2O. The van der Waals surface area contributed by atoms with Crippen molar-refractivity contribution in [3.05, 3.63) is 26.8 Å². The van der Waals surface area contributed by atoms with Gasteiger partial charge < -0.3 is 5.73 Å². The first-order valence-corrected chi connectivity index (χ1v) is 4.45. The van der Waals surface area contributed by atoms with Gasteiger partial charge in [0.15, 0.2) is 0 Å². The zero-order valence-electron chi connectivity index (χ0n) is 6.60. The number of alkyl halides is 2. The van der Waals surface area contributed by atoms with Crippen molar-refractivity contribution in [2.45, 2.75) is 6.43 Å². The predicted molar refractivity (Wildman–Crippen MR) is 50.4 cm³/mol. The molecule has 0 aliphatic carbocycles. The lowest BCUT2D eigenvalue weighted by atomic mass is 10.2. The predicted octanol–water partition coefficient (Wildman–Crippen LogP) is 1.86. The van der Waals surface area contributed by atoms with E-state index in [4.69, 9.17) is 5.73 Å². The van der Waals surface area contributed by atoms with Crippen LogP contribution >= 0.6 is 22.6 Å². The molecule has 1 aromatic heterocycles. The van der Waals surface area contributed by atoms with Crippen LogP contribution in [-0.4, -0.2) is 10.9 Å². The quantitative estimate of drug-likeness (QED) is 0.669. The van der Waals surface area contributed by atoms with Crippen molar-refractivity contribution >= 4 is 28.5 Å². The largest absolute Gasteiger partial charge is 0.366 e. The molecule has 1 amide bonds. The van der Waals surface area contributed by atoms with Gasteiger partial charge in [-0.3, -0.25) is 4.79 Å². The molecule has 0 radical (unpaired) electrons. The van der Waals surface area contributed by atoms with Crippen LogP contribution in [0.4, 0.5) is 13.2 Å². The molecule has 1 heterocycles. The van der Waals surface area contributed by atoms with Gasteiger partial charge in [0.2, 0.25) is 5.95 Å². The Morgan fingerprint density at radius 1 is 1.57 bits per heavy atom. The molecule has 0 aliphatic rings. The Labute approximate surface area is 90.6 Å². The van der Waals surface area contributed by atoms with Gasteiger partial charge in [0.1, 0.15) is 5.69 Å². The average Bonchev–Trinajstić information content (AvgIpc) is 2.01. The molecule has 0 bridgehead atoms. The normalized spacial score (nSPS) is 10.6. The van der Waals surface area contributed by atoms with E-state index in [0.717, 1.165) is 6.07 Å². The fraction of sp³-hybridized carbons (Fsp3) is 0.143. The van der Waals surface area contributed by atoms with Gasteiger partial charge in [0.05, 0.1) is 5.56 Å². The van der Waals surface area contributed by atoms with Crippen LogP contribution in [0.15, 0.2) is 6.07 Å². The Kier molecular flexibility index (Phi) is 3.29. The number of rotatable bonds is 2. The molecule has 1 rings (SSSR count). The monoisotopic (exact) mass is 316 g/mol. The van der Waals surface area contributed by atoms with E-state index in [1.807, 2.05) is 0 Å². The molecule has 0 atom stereocenters. The molecule has 0 unspecified atom stereocenters. The topological polar surface area (TPSA) is 56.0 Å². The molecule has 0 saturated heterocycles. The molecule has 3 nitrogen and oxygen atoms in total. The molecule has 2 N–H and O–H groups in total. The Bertz CT molecular complexity index is 383. The maximum Gasteiger partial charge on any atom is 0.281 e. The van der Waals surface area contributed by atoms with Gasteiger partial charge in [-0.25, -0.2) is 13.8 Å². The third kappa shape index (κ3) is 2.14. The first-order chi connectivity index (χ1) is 6.43. The number of carbonyl (C=O) groups is 1. The summed E-state index contributed by atoms with van der Waals surface area (Å²) < 4.78 is 37.3. The van der Waals surface area contributed by atoms with Crippen molar-refractivity contribution in [3.8, 4) is 0 Å². The van der Waals surface area contributed by atoms with Crippen molar-refractivity contribution in [3.63, 3.8) is 0 Å². The van der Waals surface area contributed by atoms with Gasteiger partial charge in [0.25, 0.3) is 12.3 Å². The van der Waals surface area contributed by atoms with E-state index in [9.17, 15) is 18.0 Å². The zero-order valence-corrected chi connectivity index (χ0v) is 8.76. The van der Waals surface area contributed by atoms with Gasteiger partial charge >= 0.3 is 0 Å². The van der Waals surface area contributed by atoms with E-state index >= 15 is 0 Å². The highest BCUT2D eigenvalue weighted by Crippen LogP contribution is 2.24. The van der Waals surface area contributed by atoms with Crippen LogP contribution in [0.5, 0.6) is 0 Å². The number of nitrogens with two attached hydrogens (primary N) is 1. The standard InChI is InChI=1S/C7H4F3IN2O/c8-3-1-2(11)4(7(12)14)5(13-3)6(9)10/h1,6H,(H2,12,14). The average molecular weight is 316 g/mol. The van der Waals surface area contributed by atoms with Crippen LogP contribution < -0.4 is 5.73 Å². The molecular weight excluding hydrogens is 312 g/mol. The van der Waals surface area contributed by atoms with Crippen molar-refractivity contribution in [1.82, 2.24) is 4.98 Å². The minimum atomic E-state index is -3.03. The van der Waals surface area contributed by atoms with Crippen LogP contribution in [0.3, 0.4) is 0 Å². The molecule has 0 fully saturated rings. The van der Waals surface area contributed by atoms with Gasteiger partial charge in [-0.15, -0.1) is 0 Å². The molecule has 7 heteroatoms. The Morgan fingerprint density at radius 2 is 2.14 bits per heavy atom.